The summed E-state index contributed by atoms with van der Waals surface area (Å²) in [7, 11) is 0. The second-order valence-corrected chi connectivity index (χ2v) is 7.25. The molecule has 2 aromatic heterocycles. The number of fused-ring (bicyclic) bond motifs is 1. The van der Waals surface area contributed by atoms with E-state index in [1.807, 2.05) is 0 Å². The molecule has 4 rings (SSSR count). The van der Waals surface area contributed by atoms with Crippen molar-refractivity contribution < 1.29 is 13.6 Å². The lowest BCUT2D eigenvalue weighted by molar-refractivity contribution is -0.116. The first-order valence-electron chi connectivity index (χ1n) is 9.25. The van der Waals surface area contributed by atoms with Crippen LogP contribution in [0.3, 0.4) is 0 Å². The molecular formula is C22H15ClF2N4O2. The number of nitrogens with one attached hydrogen (secondary N) is 1. The second-order valence-electron chi connectivity index (χ2n) is 6.86. The van der Waals surface area contributed by atoms with Gasteiger partial charge in [-0.3, -0.25) is 9.59 Å². The summed E-state index contributed by atoms with van der Waals surface area (Å²) in [5, 5.41) is 5.66. The molecule has 0 fully saturated rings. The summed E-state index contributed by atoms with van der Waals surface area (Å²) >= 11 is 5.83. The summed E-state index contributed by atoms with van der Waals surface area (Å²) in [6, 6.07) is 13.2. The predicted octanol–water partition coefficient (Wildman–Crippen LogP) is 3.63. The summed E-state index contributed by atoms with van der Waals surface area (Å²) in [6.45, 7) is 0. The number of amides is 1. The van der Waals surface area contributed by atoms with Crippen molar-refractivity contribution in [2.24, 2.45) is 0 Å². The number of rotatable bonds is 5. The minimum absolute atomic E-state index is 0.135. The third-order valence-electron chi connectivity index (χ3n) is 4.56. The maximum absolute atomic E-state index is 13.4. The number of pyridine rings is 1. The Bertz CT molecular complexity index is 1320. The van der Waals surface area contributed by atoms with Crippen LogP contribution in [-0.2, 0) is 17.6 Å². The van der Waals surface area contributed by atoms with Crippen LogP contribution < -0.4 is 11.0 Å². The van der Waals surface area contributed by atoms with E-state index in [0.29, 0.717) is 34.1 Å². The SMILES string of the molecule is O=C(Cc1cc(F)cc(F)c1)Nn1nc(Cc2ccc(Cl)nc2)c2ccccc2c1=O. The van der Waals surface area contributed by atoms with Crippen molar-refractivity contribution in [2.45, 2.75) is 12.8 Å². The standard InChI is InChI=1S/C22H15ClF2N4O2/c23-20-6-5-13(12-26-20)9-19-17-3-1-2-4-18(17)22(31)29(27-19)28-21(30)10-14-7-15(24)11-16(25)8-14/h1-8,11-12H,9-10H2,(H,28,30). The Kier molecular flexibility index (Phi) is 5.73. The van der Waals surface area contributed by atoms with Crippen LogP contribution in [0.2, 0.25) is 5.15 Å². The van der Waals surface area contributed by atoms with E-state index in [9.17, 15) is 18.4 Å². The van der Waals surface area contributed by atoms with E-state index in [1.165, 1.54) is 0 Å². The Morgan fingerprint density at radius 2 is 1.71 bits per heavy atom. The molecule has 1 N–H and O–H groups in total. The third-order valence-corrected chi connectivity index (χ3v) is 4.78. The molecule has 0 radical (unpaired) electrons. The van der Waals surface area contributed by atoms with Crippen molar-refractivity contribution in [3.05, 3.63) is 105 Å². The van der Waals surface area contributed by atoms with Crippen molar-refractivity contribution in [3.8, 4) is 0 Å². The molecule has 0 aliphatic rings. The van der Waals surface area contributed by atoms with E-state index in [4.69, 9.17) is 11.6 Å². The topological polar surface area (TPSA) is 76.9 Å². The summed E-state index contributed by atoms with van der Waals surface area (Å²) in [6.07, 6.45) is 1.62. The zero-order valence-electron chi connectivity index (χ0n) is 16.0. The lowest BCUT2D eigenvalue weighted by Gasteiger charge is -2.12. The highest BCUT2D eigenvalue weighted by molar-refractivity contribution is 6.29. The van der Waals surface area contributed by atoms with E-state index >= 15 is 0 Å². The van der Waals surface area contributed by atoms with Gasteiger partial charge in [0.15, 0.2) is 0 Å². The first-order chi connectivity index (χ1) is 14.9. The molecule has 0 spiro atoms. The third kappa shape index (κ3) is 4.75. The van der Waals surface area contributed by atoms with Gasteiger partial charge in [-0.15, -0.1) is 4.79 Å². The maximum Gasteiger partial charge on any atom is 0.294 e. The number of benzene rings is 2. The summed E-state index contributed by atoms with van der Waals surface area (Å²) in [5.74, 6) is -2.22. The van der Waals surface area contributed by atoms with Crippen LogP contribution in [0.15, 0.2) is 65.6 Å². The van der Waals surface area contributed by atoms with Gasteiger partial charge in [-0.05, 0) is 35.4 Å². The number of hydrogen-bond donors (Lipinski definition) is 1. The maximum atomic E-state index is 13.4. The van der Waals surface area contributed by atoms with Gasteiger partial charge >= 0.3 is 0 Å². The second kappa shape index (κ2) is 8.61. The molecule has 0 saturated heterocycles. The van der Waals surface area contributed by atoms with E-state index in [-0.39, 0.29) is 12.0 Å². The van der Waals surface area contributed by atoms with Crippen molar-refractivity contribution in [3.63, 3.8) is 0 Å². The molecule has 0 saturated carbocycles. The average molecular weight is 441 g/mol. The minimum atomic E-state index is -0.789. The first-order valence-corrected chi connectivity index (χ1v) is 9.63. The molecule has 2 heterocycles. The fourth-order valence-electron chi connectivity index (χ4n) is 3.22. The van der Waals surface area contributed by atoms with Crippen molar-refractivity contribution in [1.82, 2.24) is 14.9 Å². The Morgan fingerprint density at radius 1 is 1.00 bits per heavy atom. The molecule has 9 heteroatoms. The van der Waals surface area contributed by atoms with Gasteiger partial charge in [-0.2, -0.15) is 5.10 Å². The van der Waals surface area contributed by atoms with Crippen LogP contribution in [0.4, 0.5) is 8.78 Å². The van der Waals surface area contributed by atoms with Crippen LogP contribution in [-0.4, -0.2) is 20.8 Å². The first kappa shape index (κ1) is 20.6. The molecule has 1 amide bonds. The van der Waals surface area contributed by atoms with Gasteiger partial charge in [0.2, 0.25) is 5.91 Å². The molecule has 4 aromatic rings. The smallest absolute Gasteiger partial charge is 0.273 e. The van der Waals surface area contributed by atoms with Gasteiger partial charge in [-0.1, -0.05) is 35.9 Å². The Balaban J connectivity index is 1.67. The van der Waals surface area contributed by atoms with Crippen LogP contribution in [0.25, 0.3) is 10.8 Å². The van der Waals surface area contributed by atoms with Gasteiger partial charge in [0, 0.05) is 24.1 Å². The summed E-state index contributed by atoms with van der Waals surface area (Å²) in [4.78, 5) is 30.1. The van der Waals surface area contributed by atoms with Crippen LogP contribution in [0.5, 0.6) is 0 Å². The lowest BCUT2D eigenvalue weighted by Crippen LogP contribution is -2.36. The number of carbonyl (C=O) groups is 1. The molecule has 0 bridgehead atoms. The highest BCUT2D eigenvalue weighted by atomic mass is 35.5. The zero-order valence-corrected chi connectivity index (χ0v) is 16.7. The molecule has 0 aliphatic carbocycles. The van der Waals surface area contributed by atoms with E-state index in [2.05, 4.69) is 15.5 Å². The van der Waals surface area contributed by atoms with Gasteiger partial charge < -0.3 is 0 Å². The zero-order chi connectivity index (χ0) is 22.0. The molecule has 31 heavy (non-hydrogen) atoms. The summed E-state index contributed by atoms with van der Waals surface area (Å²) < 4.78 is 26.8. The van der Waals surface area contributed by atoms with E-state index in [1.54, 1.807) is 42.6 Å². The Hall–Kier alpha value is -3.65. The fourth-order valence-corrected chi connectivity index (χ4v) is 3.33. The number of aromatic nitrogens is 3. The summed E-state index contributed by atoms with van der Waals surface area (Å²) in [5.41, 5.74) is 3.36. The largest absolute Gasteiger partial charge is 0.294 e. The van der Waals surface area contributed by atoms with E-state index in [0.717, 1.165) is 22.5 Å². The number of hydrogen-bond acceptors (Lipinski definition) is 4. The quantitative estimate of drug-likeness (QED) is 0.481. The van der Waals surface area contributed by atoms with Gasteiger partial charge in [0.05, 0.1) is 17.5 Å². The molecule has 156 valence electrons. The van der Waals surface area contributed by atoms with Gasteiger partial charge in [0.25, 0.3) is 5.56 Å². The molecule has 6 nitrogen and oxygen atoms in total. The Morgan fingerprint density at radius 3 is 2.39 bits per heavy atom. The van der Waals surface area contributed by atoms with Gasteiger partial charge in [0.1, 0.15) is 16.8 Å². The van der Waals surface area contributed by atoms with Crippen LogP contribution in [0, 0.1) is 11.6 Å². The van der Waals surface area contributed by atoms with Crippen LogP contribution >= 0.6 is 11.6 Å². The number of halogens is 3. The van der Waals surface area contributed by atoms with E-state index < -0.39 is 23.1 Å². The molecular weight excluding hydrogens is 426 g/mol. The highest BCUT2D eigenvalue weighted by Gasteiger charge is 2.14. The monoisotopic (exact) mass is 440 g/mol. The average Bonchev–Trinajstić information content (AvgIpc) is 2.72. The molecule has 2 aromatic carbocycles. The highest BCUT2D eigenvalue weighted by Crippen LogP contribution is 2.17. The van der Waals surface area contributed by atoms with Gasteiger partial charge in [-0.25, -0.2) is 19.2 Å². The van der Waals surface area contributed by atoms with Crippen molar-refractivity contribution >= 4 is 28.3 Å². The predicted molar refractivity (Wildman–Crippen MR) is 112 cm³/mol. The number of carbonyl (C=O) groups excluding carboxylic acids is 1. The molecule has 0 unspecified atom stereocenters. The fraction of sp³-hybridized carbons (Fsp3) is 0.0909. The minimum Gasteiger partial charge on any atom is -0.273 e. The van der Waals surface area contributed by atoms with Crippen molar-refractivity contribution in [1.29, 1.82) is 0 Å². The van der Waals surface area contributed by atoms with Crippen LogP contribution in [0.1, 0.15) is 16.8 Å². The van der Waals surface area contributed by atoms with Crippen molar-refractivity contribution in [2.75, 3.05) is 5.43 Å². The number of nitrogens with zero attached hydrogens (tertiary/aromatic N) is 3. The molecule has 0 aliphatic heterocycles. The molecule has 0 atom stereocenters. The Labute approximate surface area is 180 Å². The normalized spacial score (nSPS) is 10.9. The lowest BCUT2D eigenvalue weighted by atomic mass is 10.1.